The monoisotopic (exact) mass is 438 g/mol. The van der Waals surface area contributed by atoms with Gasteiger partial charge in [-0.2, -0.15) is 0 Å². The van der Waals surface area contributed by atoms with Crippen LogP contribution in [-0.2, 0) is 20.4 Å². The third-order valence-corrected chi connectivity index (χ3v) is 8.21. The molecule has 7 rings (SSSR count). The van der Waals surface area contributed by atoms with Crippen LogP contribution in [-0.4, -0.2) is 16.7 Å². The Bertz CT molecular complexity index is 1290. The van der Waals surface area contributed by atoms with Crippen molar-refractivity contribution in [3.8, 4) is 0 Å². The zero-order chi connectivity index (χ0) is 23.3. The van der Waals surface area contributed by atoms with Gasteiger partial charge in [0.2, 0.25) is 11.8 Å². The lowest BCUT2D eigenvalue weighted by Crippen LogP contribution is -2.59. The highest BCUT2D eigenvalue weighted by atomic mass is 16.6. The second kappa shape index (κ2) is 6.16. The van der Waals surface area contributed by atoms with E-state index in [1.165, 1.54) is 12.1 Å². The molecule has 2 amide bonds. The van der Waals surface area contributed by atoms with Crippen LogP contribution in [0.1, 0.15) is 41.7 Å². The summed E-state index contributed by atoms with van der Waals surface area (Å²) in [6.07, 6.45) is 0. The van der Waals surface area contributed by atoms with Gasteiger partial charge in [0.25, 0.3) is 5.69 Å². The second-order valence-corrected chi connectivity index (χ2v) is 9.71. The molecule has 0 saturated carbocycles. The average molecular weight is 438 g/mol. The molecule has 1 heterocycles. The molecule has 0 aromatic heterocycles. The molecular weight excluding hydrogens is 416 g/mol. The fourth-order valence-electron chi connectivity index (χ4n) is 6.78. The number of benzene rings is 3. The number of nitro groups is 1. The Kier molecular flexibility index (Phi) is 3.71. The van der Waals surface area contributed by atoms with Gasteiger partial charge in [0.1, 0.15) is 5.69 Å². The van der Waals surface area contributed by atoms with Crippen molar-refractivity contribution in [2.45, 2.75) is 31.6 Å². The van der Waals surface area contributed by atoms with E-state index < -0.39 is 27.6 Å². The highest BCUT2D eigenvalue weighted by Crippen LogP contribution is 2.66. The maximum atomic E-state index is 14.0. The van der Waals surface area contributed by atoms with Gasteiger partial charge in [-0.1, -0.05) is 68.4 Å². The minimum Gasteiger partial charge on any atom is -0.274 e. The molecule has 2 atom stereocenters. The highest BCUT2D eigenvalue weighted by Gasteiger charge is 2.70. The number of aryl methyl sites for hydroxylation is 1. The molecule has 1 saturated heterocycles. The maximum Gasteiger partial charge on any atom is 0.293 e. The number of amides is 2. The largest absolute Gasteiger partial charge is 0.293 e. The standard InChI is InChI=1S/C27H22N2O4/c1-15-12-13-20(21(14-15)29(32)33)28-24(30)22-23(25(28)31)27(3)18-10-6-4-8-16(18)26(22,2)17-9-5-7-11-19(17)27/h4-14,22-23H,1-3H3. The van der Waals surface area contributed by atoms with Crippen molar-refractivity contribution >= 4 is 23.2 Å². The quantitative estimate of drug-likeness (QED) is 0.331. The summed E-state index contributed by atoms with van der Waals surface area (Å²) in [6, 6.07) is 20.7. The van der Waals surface area contributed by atoms with Gasteiger partial charge in [-0.25, -0.2) is 4.90 Å². The fourth-order valence-corrected chi connectivity index (χ4v) is 6.78. The van der Waals surface area contributed by atoms with Gasteiger partial charge in [-0.3, -0.25) is 19.7 Å². The van der Waals surface area contributed by atoms with Crippen molar-refractivity contribution in [1.29, 1.82) is 0 Å². The Morgan fingerprint density at radius 2 is 1.21 bits per heavy atom. The van der Waals surface area contributed by atoms with Crippen molar-refractivity contribution < 1.29 is 14.5 Å². The van der Waals surface area contributed by atoms with Crippen LogP contribution in [0.25, 0.3) is 0 Å². The number of hydrogen-bond donors (Lipinski definition) is 0. The van der Waals surface area contributed by atoms with Crippen molar-refractivity contribution in [3.63, 3.8) is 0 Å². The summed E-state index contributed by atoms with van der Waals surface area (Å²) in [4.78, 5) is 40.5. The highest BCUT2D eigenvalue weighted by molar-refractivity contribution is 6.25. The molecule has 4 aliphatic rings. The van der Waals surface area contributed by atoms with Gasteiger partial charge in [-0.15, -0.1) is 0 Å². The van der Waals surface area contributed by atoms with Gasteiger partial charge in [0.15, 0.2) is 0 Å². The number of rotatable bonds is 2. The molecule has 164 valence electrons. The number of anilines is 1. The van der Waals surface area contributed by atoms with Gasteiger partial charge in [-0.05, 0) is 40.8 Å². The van der Waals surface area contributed by atoms with E-state index >= 15 is 0 Å². The van der Waals surface area contributed by atoms with E-state index in [-0.39, 0.29) is 23.2 Å². The Morgan fingerprint density at radius 1 is 0.788 bits per heavy atom. The molecule has 3 aromatic rings. The summed E-state index contributed by atoms with van der Waals surface area (Å²) < 4.78 is 0. The van der Waals surface area contributed by atoms with Crippen LogP contribution in [0, 0.1) is 28.9 Å². The van der Waals surface area contributed by atoms with Crippen molar-refractivity contribution in [2.75, 3.05) is 4.90 Å². The molecular formula is C27H22N2O4. The lowest BCUT2D eigenvalue weighted by Gasteiger charge is -2.57. The van der Waals surface area contributed by atoms with Crippen LogP contribution in [0.3, 0.4) is 0 Å². The number of imide groups is 1. The molecule has 33 heavy (non-hydrogen) atoms. The van der Waals surface area contributed by atoms with E-state index in [9.17, 15) is 19.7 Å². The molecule has 1 fully saturated rings. The molecule has 2 bridgehead atoms. The third-order valence-electron chi connectivity index (χ3n) is 8.21. The number of carbonyl (C=O) groups is 2. The van der Waals surface area contributed by atoms with E-state index in [2.05, 4.69) is 24.3 Å². The second-order valence-electron chi connectivity index (χ2n) is 9.71. The summed E-state index contributed by atoms with van der Waals surface area (Å²) in [6.45, 7) is 5.83. The first-order valence-electron chi connectivity index (χ1n) is 11.0. The normalized spacial score (nSPS) is 29.0. The number of hydrogen-bond acceptors (Lipinski definition) is 4. The van der Waals surface area contributed by atoms with Crippen LogP contribution >= 0.6 is 0 Å². The molecule has 0 spiro atoms. The van der Waals surface area contributed by atoms with Crippen LogP contribution in [0.5, 0.6) is 0 Å². The van der Waals surface area contributed by atoms with Gasteiger partial charge in [0.05, 0.1) is 16.8 Å². The summed E-state index contributed by atoms with van der Waals surface area (Å²) in [5, 5.41) is 11.8. The van der Waals surface area contributed by atoms with Crippen LogP contribution < -0.4 is 4.90 Å². The summed E-state index contributed by atoms with van der Waals surface area (Å²) >= 11 is 0. The molecule has 3 aromatic carbocycles. The Hall–Kier alpha value is -3.80. The minimum atomic E-state index is -0.712. The average Bonchev–Trinajstić information content (AvgIpc) is 3.08. The SMILES string of the molecule is Cc1ccc(N2C(=O)C3C(C2=O)C2(C)c4ccccc4C3(C)c3ccccc32)c([N+](=O)[O-])c1. The topological polar surface area (TPSA) is 80.5 Å². The van der Waals surface area contributed by atoms with E-state index in [4.69, 9.17) is 0 Å². The van der Waals surface area contributed by atoms with Crippen molar-refractivity contribution in [3.05, 3.63) is 105 Å². The molecule has 3 aliphatic carbocycles. The molecule has 1 aliphatic heterocycles. The lowest BCUT2D eigenvalue weighted by molar-refractivity contribution is -0.384. The summed E-state index contributed by atoms with van der Waals surface area (Å²) in [5.74, 6) is -2.01. The molecule has 0 N–H and O–H groups in total. The van der Waals surface area contributed by atoms with E-state index in [1.54, 1.807) is 13.0 Å². The predicted molar refractivity (Wildman–Crippen MR) is 123 cm³/mol. The smallest absolute Gasteiger partial charge is 0.274 e. The maximum absolute atomic E-state index is 14.0. The van der Waals surface area contributed by atoms with Gasteiger partial charge < -0.3 is 0 Å². The number of carbonyl (C=O) groups excluding carboxylic acids is 2. The Morgan fingerprint density at radius 3 is 1.61 bits per heavy atom. The first-order valence-corrected chi connectivity index (χ1v) is 11.0. The Balaban J connectivity index is 1.65. The predicted octanol–water partition coefficient (Wildman–Crippen LogP) is 4.65. The van der Waals surface area contributed by atoms with E-state index in [0.717, 1.165) is 27.2 Å². The van der Waals surface area contributed by atoms with E-state index in [0.29, 0.717) is 5.56 Å². The fraction of sp³-hybridized carbons (Fsp3) is 0.259. The zero-order valence-electron chi connectivity index (χ0n) is 18.5. The van der Waals surface area contributed by atoms with Crippen molar-refractivity contribution in [1.82, 2.24) is 0 Å². The molecule has 6 nitrogen and oxygen atoms in total. The van der Waals surface area contributed by atoms with Crippen molar-refractivity contribution in [2.24, 2.45) is 11.8 Å². The van der Waals surface area contributed by atoms with Gasteiger partial charge in [0, 0.05) is 16.9 Å². The Labute approximate surface area is 191 Å². The zero-order valence-corrected chi connectivity index (χ0v) is 18.5. The summed E-state index contributed by atoms with van der Waals surface area (Å²) in [5.41, 5.74) is 3.29. The van der Waals surface area contributed by atoms with Crippen LogP contribution in [0.2, 0.25) is 0 Å². The minimum absolute atomic E-state index is 0.0507. The molecule has 6 heteroatoms. The van der Waals surface area contributed by atoms with Gasteiger partial charge >= 0.3 is 0 Å². The summed E-state index contributed by atoms with van der Waals surface area (Å²) in [7, 11) is 0. The van der Waals surface area contributed by atoms with Crippen LogP contribution in [0.4, 0.5) is 11.4 Å². The number of nitro benzene ring substituents is 1. The molecule has 0 radical (unpaired) electrons. The first-order chi connectivity index (χ1) is 15.7. The molecule has 2 unspecified atom stereocenters. The van der Waals surface area contributed by atoms with E-state index in [1.807, 2.05) is 38.1 Å². The van der Waals surface area contributed by atoms with Crippen LogP contribution in [0.15, 0.2) is 66.7 Å². The lowest BCUT2D eigenvalue weighted by atomic mass is 9.42. The third kappa shape index (κ3) is 2.14. The number of nitrogens with zero attached hydrogens (tertiary/aromatic N) is 2. The first kappa shape index (κ1) is 19.9.